The molecule has 152 valence electrons. The predicted molar refractivity (Wildman–Crippen MR) is 118 cm³/mol. The highest BCUT2D eigenvalue weighted by molar-refractivity contribution is 8.00. The SMILES string of the molecule is CCCCn1c(SC(C)C(=O)Nc2ccccc2OC)nc2ccccc2c1=O. The highest BCUT2D eigenvalue weighted by Crippen LogP contribution is 2.27. The van der Waals surface area contributed by atoms with Crippen molar-refractivity contribution in [3.05, 3.63) is 58.9 Å². The molecule has 1 atom stereocenters. The number of fused-ring (bicyclic) bond motifs is 1. The molecule has 29 heavy (non-hydrogen) atoms. The first-order valence-electron chi connectivity index (χ1n) is 9.65. The van der Waals surface area contributed by atoms with Crippen molar-refractivity contribution in [2.45, 2.75) is 43.6 Å². The average molecular weight is 412 g/mol. The van der Waals surface area contributed by atoms with E-state index in [0.29, 0.717) is 34.0 Å². The summed E-state index contributed by atoms with van der Waals surface area (Å²) in [5, 5.41) is 3.61. The normalized spacial score (nSPS) is 12.0. The first-order valence-corrected chi connectivity index (χ1v) is 10.5. The Labute approximate surface area is 174 Å². The van der Waals surface area contributed by atoms with E-state index in [9.17, 15) is 9.59 Å². The molecule has 0 spiro atoms. The number of aromatic nitrogens is 2. The van der Waals surface area contributed by atoms with E-state index < -0.39 is 5.25 Å². The van der Waals surface area contributed by atoms with Gasteiger partial charge in [-0.25, -0.2) is 4.98 Å². The van der Waals surface area contributed by atoms with Gasteiger partial charge in [-0.3, -0.25) is 14.2 Å². The van der Waals surface area contributed by atoms with E-state index in [1.165, 1.54) is 11.8 Å². The fourth-order valence-corrected chi connectivity index (χ4v) is 3.88. The van der Waals surface area contributed by atoms with E-state index in [-0.39, 0.29) is 11.5 Å². The standard InChI is InChI=1S/C22H25N3O3S/c1-4-5-14-25-21(27)16-10-6-7-11-17(16)24-22(25)29-15(2)20(26)23-18-12-8-9-13-19(18)28-3/h6-13,15H,4-5,14H2,1-3H3,(H,23,26). The number of carbonyl (C=O) groups excluding carboxylic acids is 1. The van der Waals surface area contributed by atoms with E-state index in [4.69, 9.17) is 4.74 Å². The molecule has 1 unspecified atom stereocenters. The number of nitrogens with one attached hydrogen (secondary N) is 1. The van der Waals surface area contributed by atoms with Gasteiger partial charge in [0.2, 0.25) is 5.91 Å². The Morgan fingerprint density at radius 2 is 1.93 bits per heavy atom. The quantitative estimate of drug-likeness (QED) is 0.441. The van der Waals surface area contributed by atoms with Crippen LogP contribution in [0.5, 0.6) is 5.75 Å². The number of rotatable bonds is 8. The molecular formula is C22H25N3O3S. The van der Waals surface area contributed by atoms with Gasteiger partial charge in [-0.15, -0.1) is 0 Å². The Hall–Kier alpha value is -2.80. The Bertz CT molecular complexity index is 1060. The van der Waals surface area contributed by atoms with Gasteiger partial charge in [-0.1, -0.05) is 49.4 Å². The van der Waals surface area contributed by atoms with Crippen LogP contribution in [-0.2, 0) is 11.3 Å². The van der Waals surface area contributed by atoms with Crippen molar-refractivity contribution in [3.8, 4) is 5.75 Å². The lowest BCUT2D eigenvalue weighted by molar-refractivity contribution is -0.115. The number of hydrogen-bond donors (Lipinski definition) is 1. The van der Waals surface area contributed by atoms with Crippen molar-refractivity contribution in [1.82, 2.24) is 9.55 Å². The van der Waals surface area contributed by atoms with Crippen LogP contribution in [0.1, 0.15) is 26.7 Å². The van der Waals surface area contributed by atoms with E-state index in [0.717, 1.165) is 12.8 Å². The number of nitrogens with zero attached hydrogens (tertiary/aromatic N) is 2. The zero-order valence-corrected chi connectivity index (χ0v) is 17.7. The van der Waals surface area contributed by atoms with Gasteiger partial charge >= 0.3 is 0 Å². The van der Waals surface area contributed by atoms with Crippen LogP contribution in [0.4, 0.5) is 5.69 Å². The summed E-state index contributed by atoms with van der Waals surface area (Å²) in [5.41, 5.74) is 1.19. The van der Waals surface area contributed by atoms with Crippen molar-refractivity contribution in [2.75, 3.05) is 12.4 Å². The number of para-hydroxylation sites is 3. The van der Waals surface area contributed by atoms with Crippen LogP contribution in [0.3, 0.4) is 0 Å². The Morgan fingerprint density at radius 3 is 2.69 bits per heavy atom. The number of ether oxygens (including phenoxy) is 1. The monoisotopic (exact) mass is 411 g/mol. The molecule has 1 N–H and O–H groups in total. The minimum atomic E-state index is -0.444. The maximum absolute atomic E-state index is 13.0. The molecule has 6 nitrogen and oxygen atoms in total. The van der Waals surface area contributed by atoms with Crippen LogP contribution in [0.2, 0.25) is 0 Å². The number of thioether (sulfide) groups is 1. The zero-order chi connectivity index (χ0) is 20.8. The molecule has 3 aromatic rings. The van der Waals surface area contributed by atoms with E-state index >= 15 is 0 Å². The summed E-state index contributed by atoms with van der Waals surface area (Å²) < 4.78 is 6.98. The van der Waals surface area contributed by atoms with Crippen LogP contribution >= 0.6 is 11.8 Å². The third-order valence-corrected chi connectivity index (χ3v) is 5.67. The number of hydrogen-bond acceptors (Lipinski definition) is 5. The average Bonchev–Trinajstić information content (AvgIpc) is 2.74. The molecule has 3 rings (SSSR count). The second-order valence-corrected chi connectivity index (χ2v) is 7.98. The van der Waals surface area contributed by atoms with Gasteiger partial charge in [0.05, 0.1) is 29.0 Å². The molecule has 1 heterocycles. The molecule has 0 radical (unpaired) electrons. The minimum Gasteiger partial charge on any atom is -0.495 e. The molecule has 0 bridgehead atoms. The lowest BCUT2D eigenvalue weighted by Gasteiger charge is -2.17. The van der Waals surface area contributed by atoms with Crippen molar-refractivity contribution in [3.63, 3.8) is 0 Å². The van der Waals surface area contributed by atoms with Gasteiger partial charge in [0, 0.05) is 6.54 Å². The summed E-state index contributed by atoms with van der Waals surface area (Å²) in [6.07, 6.45) is 1.84. The Kier molecular flexibility index (Phi) is 6.93. The second-order valence-electron chi connectivity index (χ2n) is 6.67. The molecule has 1 aromatic heterocycles. The Balaban J connectivity index is 1.87. The van der Waals surface area contributed by atoms with Gasteiger partial charge in [-0.2, -0.15) is 0 Å². The minimum absolute atomic E-state index is 0.0658. The highest BCUT2D eigenvalue weighted by Gasteiger charge is 2.20. The van der Waals surface area contributed by atoms with Crippen molar-refractivity contribution < 1.29 is 9.53 Å². The molecule has 0 fully saturated rings. The summed E-state index contributed by atoms with van der Waals surface area (Å²) in [7, 11) is 1.56. The third kappa shape index (κ3) is 4.79. The largest absolute Gasteiger partial charge is 0.495 e. The molecule has 0 saturated heterocycles. The van der Waals surface area contributed by atoms with Crippen LogP contribution < -0.4 is 15.6 Å². The number of unbranched alkanes of at least 4 members (excludes halogenated alkanes) is 1. The second kappa shape index (κ2) is 9.60. The summed E-state index contributed by atoms with van der Waals surface area (Å²) in [6, 6.07) is 14.6. The Morgan fingerprint density at radius 1 is 1.21 bits per heavy atom. The maximum Gasteiger partial charge on any atom is 0.262 e. The summed E-state index contributed by atoms with van der Waals surface area (Å²) >= 11 is 1.29. The zero-order valence-electron chi connectivity index (χ0n) is 16.8. The predicted octanol–water partition coefficient (Wildman–Crippen LogP) is 4.32. The molecule has 0 saturated carbocycles. The van der Waals surface area contributed by atoms with Crippen LogP contribution in [-0.4, -0.2) is 27.8 Å². The van der Waals surface area contributed by atoms with Crippen molar-refractivity contribution >= 4 is 34.3 Å². The van der Waals surface area contributed by atoms with E-state index in [1.54, 1.807) is 36.8 Å². The van der Waals surface area contributed by atoms with Gasteiger partial charge in [0.25, 0.3) is 5.56 Å². The summed E-state index contributed by atoms with van der Waals surface area (Å²) in [6.45, 7) is 4.47. The first kappa shape index (κ1) is 20.9. The number of carbonyl (C=O) groups is 1. The molecule has 1 amide bonds. The number of amides is 1. The number of methoxy groups -OCH3 is 1. The fraction of sp³-hybridized carbons (Fsp3) is 0.318. The van der Waals surface area contributed by atoms with E-state index in [2.05, 4.69) is 17.2 Å². The number of benzene rings is 2. The van der Waals surface area contributed by atoms with Crippen LogP contribution in [0, 0.1) is 0 Å². The maximum atomic E-state index is 13.0. The van der Waals surface area contributed by atoms with Crippen LogP contribution in [0.15, 0.2) is 58.5 Å². The molecule has 2 aromatic carbocycles. The lowest BCUT2D eigenvalue weighted by Crippen LogP contribution is -2.27. The highest BCUT2D eigenvalue weighted by atomic mass is 32.2. The summed E-state index contributed by atoms with van der Waals surface area (Å²) in [4.78, 5) is 30.4. The molecule has 0 aliphatic rings. The topological polar surface area (TPSA) is 73.2 Å². The smallest absolute Gasteiger partial charge is 0.262 e. The summed E-state index contributed by atoms with van der Waals surface area (Å²) in [5.74, 6) is 0.422. The molecular weight excluding hydrogens is 386 g/mol. The fourth-order valence-electron chi connectivity index (χ4n) is 2.94. The third-order valence-electron chi connectivity index (χ3n) is 4.58. The molecule has 0 aliphatic carbocycles. The van der Waals surface area contributed by atoms with Crippen molar-refractivity contribution in [2.24, 2.45) is 0 Å². The van der Waals surface area contributed by atoms with Gasteiger partial charge < -0.3 is 10.1 Å². The van der Waals surface area contributed by atoms with E-state index in [1.807, 2.05) is 30.3 Å². The van der Waals surface area contributed by atoms with Gasteiger partial charge in [-0.05, 0) is 37.6 Å². The molecule has 0 aliphatic heterocycles. The first-order chi connectivity index (χ1) is 14.0. The van der Waals surface area contributed by atoms with Crippen molar-refractivity contribution in [1.29, 1.82) is 0 Å². The lowest BCUT2D eigenvalue weighted by atomic mass is 10.2. The number of anilines is 1. The van der Waals surface area contributed by atoms with Gasteiger partial charge in [0.1, 0.15) is 5.75 Å². The molecule has 7 heteroatoms. The van der Waals surface area contributed by atoms with Crippen LogP contribution in [0.25, 0.3) is 10.9 Å². The van der Waals surface area contributed by atoms with Gasteiger partial charge in [0.15, 0.2) is 5.16 Å².